The molecule has 0 spiro atoms. The van der Waals surface area contributed by atoms with Gasteiger partial charge in [0, 0.05) is 26.9 Å². The van der Waals surface area contributed by atoms with E-state index in [1.54, 1.807) is 7.11 Å². The van der Waals surface area contributed by atoms with Gasteiger partial charge in [-0.2, -0.15) is 5.10 Å². The van der Waals surface area contributed by atoms with Gasteiger partial charge >= 0.3 is 5.97 Å². The summed E-state index contributed by atoms with van der Waals surface area (Å²) in [5.74, 6) is -1.04. The van der Waals surface area contributed by atoms with Gasteiger partial charge in [0.2, 0.25) is 10.0 Å². The van der Waals surface area contributed by atoms with Crippen LogP contribution in [0.4, 0.5) is 0 Å². The number of nitrogens with zero attached hydrogens (tertiary/aromatic N) is 3. The molecule has 0 bridgehead atoms. The van der Waals surface area contributed by atoms with E-state index in [1.165, 1.54) is 24.1 Å². The number of carboxylic acids is 1. The third-order valence-corrected chi connectivity index (χ3v) is 4.29. The van der Waals surface area contributed by atoms with Crippen LogP contribution >= 0.6 is 0 Å². The highest BCUT2D eigenvalue weighted by Crippen LogP contribution is 2.13. The van der Waals surface area contributed by atoms with E-state index in [4.69, 9.17) is 9.84 Å². The maximum absolute atomic E-state index is 12.1. The van der Waals surface area contributed by atoms with Crippen molar-refractivity contribution in [1.82, 2.24) is 14.1 Å². The lowest BCUT2D eigenvalue weighted by Gasteiger charge is -2.14. The van der Waals surface area contributed by atoms with Gasteiger partial charge in [-0.3, -0.25) is 9.48 Å². The van der Waals surface area contributed by atoms with Crippen molar-refractivity contribution >= 4 is 16.0 Å². The summed E-state index contributed by atoms with van der Waals surface area (Å²) >= 11 is 0. The van der Waals surface area contributed by atoms with Crippen molar-refractivity contribution < 1.29 is 23.1 Å². The van der Waals surface area contributed by atoms with Crippen molar-refractivity contribution in [1.29, 1.82) is 0 Å². The zero-order valence-corrected chi connectivity index (χ0v) is 11.6. The molecule has 1 heterocycles. The van der Waals surface area contributed by atoms with Gasteiger partial charge in [0.05, 0.1) is 25.8 Å². The van der Waals surface area contributed by atoms with E-state index in [9.17, 15) is 13.2 Å². The van der Waals surface area contributed by atoms with Gasteiger partial charge < -0.3 is 9.84 Å². The van der Waals surface area contributed by atoms with Gasteiger partial charge in [0.15, 0.2) is 0 Å². The molecule has 0 atom stereocenters. The Bertz CT molecular complexity index is 525. The lowest BCUT2D eigenvalue weighted by atomic mass is 10.4. The summed E-state index contributed by atoms with van der Waals surface area (Å²) in [4.78, 5) is 10.5. The third-order valence-electron chi connectivity index (χ3n) is 2.48. The maximum atomic E-state index is 12.1. The van der Waals surface area contributed by atoms with Gasteiger partial charge in [0.25, 0.3) is 0 Å². The number of aliphatic carboxylic acids is 1. The first-order chi connectivity index (χ1) is 8.87. The van der Waals surface area contributed by atoms with E-state index >= 15 is 0 Å². The molecule has 8 nitrogen and oxygen atoms in total. The predicted molar refractivity (Wildman–Crippen MR) is 66.2 cm³/mol. The minimum Gasteiger partial charge on any atom is -0.481 e. The van der Waals surface area contributed by atoms with Gasteiger partial charge in [-0.15, -0.1) is 0 Å². The number of aromatic nitrogens is 2. The molecule has 1 aromatic rings. The minimum absolute atomic E-state index is 0.0384. The van der Waals surface area contributed by atoms with Crippen molar-refractivity contribution in [3.63, 3.8) is 0 Å². The van der Waals surface area contributed by atoms with Crippen LogP contribution in [0.3, 0.4) is 0 Å². The molecule has 0 radical (unpaired) electrons. The molecule has 1 rings (SSSR count). The molecule has 0 unspecified atom stereocenters. The Morgan fingerprint density at radius 2 is 2.26 bits per heavy atom. The number of carboxylic acid groups (broad SMARTS) is 1. The van der Waals surface area contributed by atoms with Crippen LogP contribution in [0.25, 0.3) is 0 Å². The van der Waals surface area contributed by atoms with Gasteiger partial charge in [-0.25, -0.2) is 12.7 Å². The van der Waals surface area contributed by atoms with Crippen LogP contribution in [-0.4, -0.2) is 60.9 Å². The maximum Gasteiger partial charge on any atom is 0.304 e. The number of methoxy groups -OCH3 is 1. The van der Waals surface area contributed by atoms with Crippen molar-refractivity contribution in [2.24, 2.45) is 0 Å². The van der Waals surface area contributed by atoms with Crippen LogP contribution in [0.5, 0.6) is 0 Å². The zero-order chi connectivity index (χ0) is 14.5. The quantitative estimate of drug-likeness (QED) is 0.701. The second kappa shape index (κ2) is 6.64. The molecule has 0 fully saturated rings. The Balaban J connectivity index is 2.76. The van der Waals surface area contributed by atoms with Crippen LogP contribution in [0.1, 0.15) is 6.42 Å². The molecule has 1 N–H and O–H groups in total. The largest absolute Gasteiger partial charge is 0.481 e. The summed E-state index contributed by atoms with van der Waals surface area (Å²) in [7, 11) is -0.812. The lowest BCUT2D eigenvalue weighted by molar-refractivity contribution is -0.137. The fraction of sp³-hybridized carbons (Fsp3) is 0.600. The number of ether oxygens (including phenoxy) is 1. The third kappa shape index (κ3) is 4.30. The van der Waals surface area contributed by atoms with Crippen LogP contribution in [-0.2, 0) is 26.1 Å². The number of carbonyl (C=O) groups is 1. The second-order valence-corrected chi connectivity index (χ2v) is 5.95. The molecule has 0 amide bonds. The van der Waals surface area contributed by atoms with Crippen molar-refractivity contribution in [3.8, 4) is 0 Å². The van der Waals surface area contributed by atoms with Crippen molar-refractivity contribution in [2.45, 2.75) is 17.9 Å². The molecule has 0 aliphatic heterocycles. The number of rotatable bonds is 8. The van der Waals surface area contributed by atoms with Crippen LogP contribution in [0.15, 0.2) is 17.3 Å². The molecule has 19 heavy (non-hydrogen) atoms. The molecular formula is C10H17N3O5S. The minimum atomic E-state index is -3.69. The molecule has 0 aromatic carbocycles. The molecule has 0 aliphatic carbocycles. The van der Waals surface area contributed by atoms with Gasteiger partial charge in [-0.1, -0.05) is 0 Å². The fourth-order valence-electron chi connectivity index (χ4n) is 1.34. The van der Waals surface area contributed by atoms with Gasteiger partial charge in [0.1, 0.15) is 4.90 Å². The number of sulfonamides is 1. The average molecular weight is 291 g/mol. The SMILES string of the molecule is COCCn1cc(S(=O)(=O)N(C)CCC(=O)O)cn1. The fourth-order valence-corrected chi connectivity index (χ4v) is 2.46. The monoisotopic (exact) mass is 291 g/mol. The summed E-state index contributed by atoms with van der Waals surface area (Å²) in [6.45, 7) is 0.793. The Kier molecular flexibility index (Phi) is 5.45. The Morgan fingerprint density at radius 3 is 2.84 bits per heavy atom. The summed E-state index contributed by atoms with van der Waals surface area (Å²) < 4.78 is 31.5. The van der Waals surface area contributed by atoms with Crippen molar-refractivity contribution in [3.05, 3.63) is 12.4 Å². The van der Waals surface area contributed by atoms with Crippen LogP contribution < -0.4 is 0 Å². The first-order valence-corrected chi connectivity index (χ1v) is 7.01. The first kappa shape index (κ1) is 15.6. The smallest absolute Gasteiger partial charge is 0.304 e. The van der Waals surface area contributed by atoms with Crippen LogP contribution in [0.2, 0.25) is 0 Å². The van der Waals surface area contributed by atoms with E-state index in [2.05, 4.69) is 5.10 Å². The Morgan fingerprint density at radius 1 is 1.58 bits per heavy atom. The summed E-state index contributed by atoms with van der Waals surface area (Å²) in [6.07, 6.45) is 2.39. The van der Waals surface area contributed by atoms with Crippen molar-refractivity contribution in [2.75, 3.05) is 27.3 Å². The number of hydrogen-bond acceptors (Lipinski definition) is 5. The molecule has 0 saturated carbocycles. The van der Waals surface area contributed by atoms with E-state index in [-0.39, 0.29) is 17.9 Å². The second-order valence-electron chi connectivity index (χ2n) is 3.90. The molecule has 0 saturated heterocycles. The highest BCUT2D eigenvalue weighted by molar-refractivity contribution is 7.89. The summed E-state index contributed by atoms with van der Waals surface area (Å²) in [6, 6.07) is 0. The average Bonchev–Trinajstić information content (AvgIpc) is 2.82. The normalized spacial score (nSPS) is 11.9. The van der Waals surface area contributed by atoms with E-state index in [1.807, 2.05) is 0 Å². The molecule has 9 heteroatoms. The van der Waals surface area contributed by atoms with E-state index in [0.29, 0.717) is 13.2 Å². The standard InChI is InChI=1S/C10H17N3O5S/c1-12(4-3-10(14)15)19(16,17)9-7-11-13(8-9)5-6-18-2/h7-8H,3-6H2,1-2H3,(H,14,15). The van der Waals surface area contributed by atoms with Gasteiger partial charge in [-0.05, 0) is 0 Å². The first-order valence-electron chi connectivity index (χ1n) is 5.57. The zero-order valence-electron chi connectivity index (χ0n) is 10.8. The van der Waals surface area contributed by atoms with E-state index in [0.717, 1.165) is 4.31 Å². The highest BCUT2D eigenvalue weighted by atomic mass is 32.2. The van der Waals surface area contributed by atoms with Crippen LogP contribution in [0, 0.1) is 0 Å². The van der Waals surface area contributed by atoms with E-state index < -0.39 is 16.0 Å². The highest BCUT2D eigenvalue weighted by Gasteiger charge is 2.22. The predicted octanol–water partition coefficient (Wildman–Crippen LogP) is -0.375. The lowest BCUT2D eigenvalue weighted by Crippen LogP contribution is -2.29. The Labute approximate surface area is 111 Å². The molecule has 108 valence electrons. The number of hydrogen-bond donors (Lipinski definition) is 1. The molecule has 0 aliphatic rings. The Hall–Kier alpha value is -1.45. The summed E-state index contributed by atoms with van der Waals surface area (Å²) in [5, 5.41) is 12.5. The summed E-state index contributed by atoms with van der Waals surface area (Å²) in [5.41, 5.74) is 0. The molecule has 1 aromatic heterocycles. The topological polar surface area (TPSA) is 102 Å². The molecular weight excluding hydrogens is 274 g/mol.